The third-order valence-electron chi connectivity index (χ3n) is 2.53. The first-order valence-corrected chi connectivity index (χ1v) is 7.85. The van der Waals surface area contributed by atoms with Crippen LogP contribution in [0.2, 0.25) is 0 Å². The van der Waals surface area contributed by atoms with Gasteiger partial charge in [-0.2, -0.15) is 5.26 Å². The summed E-state index contributed by atoms with van der Waals surface area (Å²) < 4.78 is 5.33. The molecular formula is C15H19N3O2S. The minimum atomic E-state index is -0.424. The molecule has 0 unspecified atom stereocenters. The molecule has 1 amide bonds. The molecule has 0 aliphatic carbocycles. The van der Waals surface area contributed by atoms with Crippen LogP contribution >= 0.6 is 11.8 Å². The molecule has 1 aromatic carbocycles. The van der Waals surface area contributed by atoms with Gasteiger partial charge in [0.25, 0.3) is 5.91 Å². The standard InChI is InChI=1S/C15H19N3O2S/c1-4-17-15(21-3)13(10-16)14(19)18-11-6-8-12(9-7-11)20-5-2/h6-9,17H,4-5H2,1-3H3,(H,18,19)/b15-13+. The summed E-state index contributed by atoms with van der Waals surface area (Å²) in [4.78, 5) is 12.2. The number of hydrogen-bond acceptors (Lipinski definition) is 5. The average Bonchev–Trinajstić information content (AvgIpc) is 2.49. The van der Waals surface area contributed by atoms with Gasteiger partial charge in [-0.25, -0.2) is 0 Å². The Morgan fingerprint density at radius 1 is 1.33 bits per heavy atom. The molecule has 2 N–H and O–H groups in total. The highest BCUT2D eigenvalue weighted by Gasteiger charge is 2.15. The monoisotopic (exact) mass is 305 g/mol. The van der Waals surface area contributed by atoms with Gasteiger partial charge >= 0.3 is 0 Å². The van der Waals surface area contributed by atoms with Crippen molar-refractivity contribution in [1.29, 1.82) is 5.26 Å². The van der Waals surface area contributed by atoms with Crippen LogP contribution in [0.25, 0.3) is 0 Å². The zero-order chi connectivity index (χ0) is 15.7. The number of hydrogen-bond donors (Lipinski definition) is 2. The lowest BCUT2D eigenvalue weighted by molar-refractivity contribution is -0.112. The van der Waals surface area contributed by atoms with E-state index in [9.17, 15) is 10.1 Å². The molecule has 21 heavy (non-hydrogen) atoms. The quantitative estimate of drug-likeness (QED) is 0.598. The first kappa shape index (κ1) is 16.9. The Kier molecular flexibility index (Phi) is 7.19. The van der Waals surface area contributed by atoms with Crippen LogP contribution < -0.4 is 15.4 Å². The first-order valence-electron chi connectivity index (χ1n) is 6.62. The summed E-state index contributed by atoms with van der Waals surface area (Å²) >= 11 is 1.34. The summed E-state index contributed by atoms with van der Waals surface area (Å²) in [5.74, 6) is 0.316. The molecule has 0 bridgehead atoms. The van der Waals surface area contributed by atoms with E-state index in [1.165, 1.54) is 11.8 Å². The van der Waals surface area contributed by atoms with Crippen LogP contribution in [0.5, 0.6) is 5.75 Å². The van der Waals surface area contributed by atoms with Gasteiger partial charge in [0.2, 0.25) is 0 Å². The van der Waals surface area contributed by atoms with Crippen molar-refractivity contribution in [1.82, 2.24) is 5.32 Å². The third kappa shape index (κ3) is 5.04. The van der Waals surface area contributed by atoms with Crippen molar-refractivity contribution in [2.75, 3.05) is 24.7 Å². The predicted molar refractivity (Wildman–Crippen MR) is 86.1 cm³/mol. The smallest absolute Gasteiger partial charge is 0.269 e. The predicted octanol–water partition coefficient (Wildman–Crippen LogP) is 2.73. The molecular weight excluding hydrogens is 286 g/mol. The van der Waals surface area contributed by atoms with Crippen LogP contribution in [0.1, 0.15) is 13.8 Å². The molecule has 0 saturated heterocycles. The maximum atomic E-state index is 12.2. The number of nitrogens with one attached hydrogen (secondary N) is 2. The number of nitrogens with zero attached hydrogens (tertiary/aromatic N) is 1. The summed E-state index contributed by atoms with van der Waals surface area (Å²) in [7, 11) is 0. The molecule has 0 aromatic heterocycles. The molecule has 1 aromatic rings. The van der Waals surface area contributed by atoms with E-state index in [2.05, 4.69) is 10.6 Å². The van der Waals surface area contributed by atoms with Gasteiger partial charge in [0.15, 0.2) is 0 Å². The summed E-state index contributed by atoms with van der Waals surface area (Å²) in [5.41, 5.74) is 0.700. The molecule has 112 valence electrons. The highest BCUT2D eigenvalue weighted by Crippen LogP contribution is 2.18. The zero-order valence-electron chi connectivity index (χ0n) is 12.4. The number of nitriles is 1. The topological polar surface area (TPSA) is 74.2 Å². The fraction of sp³-hybridized carbons (Fsp3) is 0.333. The van der Waals surface area contributed by atoms with Crippen molar-refractivity contribution < 1.29 is 9.53 Å². The van der Waals surface area contributed by atoms with Crippen molar-refractivity contribution in [3.63, 3.8) is 0 Å². The van der Waals surface area contributed by atoms with E-state index >= 15 is 0 Å². The van der Waals surface area contributed by atoms with Gasteiger partial charge in [0.05, 0.1) is 11.6 Å². The van der Waals surface area contributed by atoms with E-state index in [0.717, 1.165) is 5.75 Å². The van der Waals surface area contributed by atoms with Gasteiger partial charge in [0, 0.05) is 12.2 Å². The molecule has 0 heterocycles. The SMILES string of the molecule is CCN/C(SC)=C(/C#N)C(=O)Nc1ccc(OCC)cc1. The van der Waals surface area contributed by atoms with E-state index in [4.69, 9.17) is 4.74 Å². The lowest BCUT2D eigenvalue weighted by atomic mass is 10.2. The minimum Gasteiger partial charge on any atom is -0.494 e. The maximum Gasteiger partial charge on any atom is 0.269 e. The van der Waals surface area contributed by atoms with Crippen molar-refractivity contribution in [2.24, 2.45) is 0 Å². The van der Waals surface area contributed by atoms with Crippen molar-refractivity contribution >= 4 is 23.4 Å². The molecule has 5 nitrogen and oxygen atoms in total. The second-order valence-corrected chi connectivity index (χ2v) is 4.78. The number of rotatable bonds is 7. The number of carbonyl (C=O) groups excluding carboxylic acids is 1. The number of benzene rings is 1. The Morgan fingerprint density at radius 3 is 2.48 bits per heavy atom. The molecule has 0 aliphatic heterocycles. The van der Waals surface area contributed by atoms with Gasteiger partial charge in [0.1, 0.15) is 17.4 Å². The fourth-order valence-electron chi connectivity index (χ4n) is 1.62. The average molecular weight is 305 g/mol. The fourth-order valence-corrected chi connectivity index (χ4v) is 2.25. The van der Waals surface area contributed by atoms with E-state index in [1.54, 1.807) is 24.3 Å². The van der Waals surface area contributed by atoms with Crippen molar-refractivity contribution in [3.05, 3.63) is 34.9 Å². The van der Waals surface area contributed by atoms with Gasteiger partial charge < -0.3 is 15.4 Å². The largest absolute Gasteiger partial charge is 0.494 e. The summed E-state index contributed by atoms with van der Waals surface area (Å²) in [6.07, 6.45) is 1.82. The van der Waals surface area contributed by atoms with Crippen LogP contribution in [-0.2, 0) is 4.79 Å². The summed E-state index contributed by atoms with van der Waals surface area (Å²) in [6, 6.07) is 8.97. The molecule has 0 spiro atoms. The van der Waals surface area contributed by atoms with Gasteiger partial charge in [-0.15, -0.1) is 11.8 Å². The van der Waals surface area contributed by atoms with Gasteiger partial charge in [-0.1, -0.05) is 0 Å². The van der Waals surface area contributed by atoms with Crippen LogP contribution in [0.15, 0.2) is 34.9 Å². The van der Waals surface area contributed by atoms with E-state index in [0.29, 0.717) is 23.9 Å². The van der Waals surface area contributed by atoms with Crippen LogP contribution in [-0.4, -0.2) is 25.3 Å². The maximum absolute atomic E-state index is 12.2. The van der Waals surface area contributed by atoms with E-state index < -0.39 is 5.91 Å². The molecule has 0 fully saturated rings. The number of thioether (sulfide) groups is 1. The number of anilines is 1. The lowest BCUT2D eigenvalue weighted by Gasteiger charge is -2.10. The molecule has 0 atom stereocenters. The van der Waals surface area contributed by atoms with Gasteiger partial charge in [-0.05, 0) is 44.4 Å². The Hall–Kier alpha value is -2.13. The van der Waals surface area contributed by atoms with Crippen molar-refractivity contribution in [3.8, 4) is 11.8 Å². The van der Waals surface area contributed by atoms with E-state index in [1.807, 2.05) is 26.2 Å². The Labute approximate surface area is 129 Å². The molecule has 0 radical (unpaired) electrons. The Bertz CT molecular complexity index is 547. The second kappa shape index (κ2) is 8.93. The molecule has 0 saturated carbocycles. The first-order chi connectivity index (χ1) is 10.2. The highest BCUT2D eigenvalue weighted by atomic mass is 32.2. The molecule has 1 rings (SSSR count). The van der Waals surface area contributed by atoms with Crippen LogP contribution in [0.4, 0.5) is 5.69 Å². The van der Waals surface area contributed by atoms with Gasteiger partial charge in [-0.3, -0.25) is 4.79 Å². The third-order valence-corrected chi connectivity index (χ3v) is 3.29. The normalized spacial score (nSPS) is 11.1. The van der Waals surface area contributed by atoms with Crippen LogP contribution in [0, 0.1) is 11.3 Å². The Morgan fingerprint density at radius 2 is 2.00 bits per heavy atom. The van der Waals surface area contributed by atoms with Crippen molar-refractivity contribution in [2.45, 2.75) is 13.8 Å². The number of amides is 1. The number of carbonyl (C=O) groups is 1. The Balaban J connectivity index is 2.85. The van der Waals surface area contributed by atoms with Crippen LogP contribution in [0.3, 0.4) is 0 Å². The second-order valence-electron chi connectivity index (χ2n) is 3.96. The zero-order valence-corrected chi connectivity index (χ0v) is 13.2. The highest BCUT2D eigenvalue weighted by molar-refractivity contribution is 8.02. The summed E-state index contributed by atoms with van der Waals surface area (Å²) in [5, 5.41) is 15.5. The minimum absolute atomic E-state index is 0.0817. The van der Waals surface area contributed by atoms with E-state index in [-0.39, 0.29) is 5.57 Å². The molecule has 0 aliphatic rings. The summed E-state index contributed by atoms with van der Waals surface area (Å²) in [6.45, 7) is 5.06. The lowest BCUT2D eigenvalue weighted by Crippen LogP contribution is -2.20. The number of ether oxygens (including phenoxy) is 1. The molecule has 6 heteroatoms.